The summed E-state index contributed by atoms with van der Waals surface area (Å²) >= 11 is 0. The Hall–Kier alpha value is -3.43. The molecule has 1 fully saturated rings. The van der Waals surface area contributed by atoms with Gasteiger partial charge in [0.1, 0.15) is 0 Å². The van der Waals surface area contributed by atoms with Crippen molar-refractivity contribution in [2.24, 2.45) is 0 Å². The number of aromatic nitrogens is 2. The number of hydrogen-bond donors (Lipinski definition) is 1. The highest BCUT2D eigenvalue weighted by molar-refractivity contribution is 5.81. The van der Waals surface area contributed by atoms with Gasteiger partial charge in [-0.1, -0.05) is 29.8 Å². The van der Waals surface area contributed by atoms with Crippen LogP contribution >= 0.6 is 0 Å². The Labute approximate surface area is 211 Å². The first-order valence-corrected chi connectivity index (χ1v) is 12.3. The molecule has 0 aliphatic carbocycles. The van der Waals surface area contributed by atoms with Gasteiger partial charge in [-0.25, -0.2) is 4.98 Å². The van der Waals surface area contributed by atoms with E-state index >= 15 is 0 Å². The first-order chi connectivity index (χ1) is 17.5. The number of nitrogens with zero attached hydrogens (tertiary/aromatic N) is 3. The predicted octanol–water partition coefficient (Wildman–Crippen LogP) is 2.69. The molecule has 2 heterocycles. The molecule has 4 rings (SSSR count). The third-order valence-electron chi connectivity index (χ3n) is 6.54. The summed E-state index contributed by atoms with van der Waals surface area (Å²) in [5.41, 5.74) is 2.76. The molecule has 1 aliphatic heterocycles. The maximum atomic E-state index is 13.0. The Bertz CT molecular complexity index is 1250. The number of methoxy groups -OCH3 is 2. The number of hydrogen-bond acceptors (Lipinski definition) is 7. The number of carbonyl (C=O) groups excluding carboxylic acids is 1. The topological polar surface area (TPSA) is 94.9 Å². The lowest BCUT2D eigenvalue weighted by molar-refractivity contribution is -0.121. The third kappa shape index (κ3) is 6.03. The fourth-order valence-electron chi connectivity index (χ4n) is 4.58. The van der Waals surface area contributed by atoms with E-state index in [-0.39, 0.29) is 17.5 Å². The summed E-state index contributed by atoms with van der Waals surface area (Å²) in [5, 5.41) is 3.55. The molecule has 0 saturated carbocycles. The molecule has 9 nitrogen and oxygen atoms in total. The Kier molecular flexibility index (Phi) is 8.56. The number of aryl methyl sites for hydroxylation is 2. The van der Waals surface area contributed by atoms with Crippen LogP contribution in [-0.4, -0.2) is 67.4 Å². The molecule has 192 valence electrons. The van der Waals surface area contributed by atoms with Crippen molar-refractivity contribution in [2.45, 2.75) is 32.4 Å². The number of rotatable bonds is 10. The van der Waals surface area contributed by atoms with Gasteiger partial charge in [0.2, 0.25) is 5.91 Å². The van der Waals surface area contributed by atoms with Gasteiger partial charge in [0.05, 0.1) is 50.7 Å². The first kappa shape index (κ1) is 25.7. The normalized spacial score (nSPS) is 15.0. The number of morpholine rings is 1. The molecule has 9 heteroatoms. The smallest absolute Gasteiger partial charge is 0.261 e. The maximum Gasteiger partial charge on any atom is 0.261 e. The summed E-state index contributed by atoms with van der Waals surface area (Å²) < 4.78 is 17.7. The zero-order chi connectivity index (χ0) is 25.5. The Morgan fingerprint density at radius 1 is 1.14 bits per heavy atom. The molecule has 0 bridgehead atoms. The number of carbonyl (C=O) groups is 1. The van der Waals surface area contributed by atoms with Crippen LogP contribution in [0, 0.1) is 6.92 Å². The van der Waals surface area contributed by atoms with Crippen molar-refractivity contribution in [3.05, 3.63) is 64.2 Å². The average molecular weight is 495 g/mol. The third-order valence-corrected chi connectivity index (χ3v) is 6.54. The molecule has 1 N–H and O–H groups in total. The van der Waals surface area contributed by atoms with Crippen molar-refractivity contribution >= 4 is 16.8 Å². The van der Waals surface area contributed by atoms with Gasteiger partial charge in [-0.3, -0.25) is 19.1 Å². The summed E-state index contributed by atoms with van der Waals surface area (Å²) in [7, 11) is 3.07. The summed E-state index contributed by atoms with van der Waals surface area (Å²) in [5.74, 6) is 0.964. The quantitative estimate of drug-likeness (QED) is 0.463. The molecule has 1 unspecified atom stereocenters. The minimum absolute atomic E-state index is 0.0332. The summed E-state index contributed by atoms with van der Waals surface area (Å²) in [4.78, 5) is 32.4. The summed E-state index contributed by atoms with van der Waals surface area (Å²) in [6, 6.07) is 11.8. The van der Waals surface area contributed by atoms with Gasteiger partial charge in [-0.15, -0.1) is 0 Å². The lowest BCUT2D eigenvalue weighted by Crippen LogP contribution is -2.43. The Morgan fingerprint density at radius 3 is 2.61 bits per heavy atom. The van der Waals surface area contributed by atoms with Gasteiger partial charge in [0.25, 0.3) is 5.56 Å². The minimum Gasteiger partial charge on any atom is -0.493 e. The van der Waals surface area contributed by atoms with Gasteiger partial charge in [-0.2, -0.15) is 0 Å². The lowest BCUT2D eigenvalue weighted by Gasteiger charge is -2.35. The largest absolute Gasteiger partial charge is 0.493 e. The van der Waals surface area contributed by atoms with Crippen LogP contribution in [0.25, 0.3) is 10.9 Å². The van der Waals surface area contributed by atoms with Gasteiger partial charge in [0, 0.05) is 38.7 Å². The number of amides is 1. The molecule has 0 radical (unpaired) electrons. The lowest BCUT2D eigenvalue weighted by atomic mass is 10.0. The van der Waals surface area contributed by atoms with Gasteiger partial charge >= 0.3 is 0 Å². The Balaban J connectivity index is 1.36. The molecule has 1 aliphatic rings. The zero-order valence-electron chi connectivity index (χ0n) is 21.2. The summed E-state index contributed by atoms with van der Waals surface area (Å²) in [6.45, 7) is 6.07. The molecule has 1 atom stereocenters. The van der Waals surface area contributed by atoms with Crippen molar-refractivity contribution < 1.29 is 19.0 Å². The maximum absolute atomic E-state index is 13.0. The first-order valence-electron chi connectivity index (χ1n) is 12.3. The standard InChI is InChI=1S/C27H34N4O5/c1-19-6-4-7-20(14-19)23(30-10-12-36-13-11-30)17-28-26(32)8-5-9-31-18-29-22-16-25(35-3)24(34-2)15-21(22)27(31)33/h4,6-7,14-16,18,23H,5,8-13,17H2,1-3H3,(H,28,32). The molecule has 1 saturated heterocycles. The molecule has 1 amide bonds. The van der Waals surface area contributed by atoms with Gasteiger partial charge in [0.15, 0.2) is 11.5 Å². The Morgan fingerprint density at radius 2 is 1.89 bits per heavy atom. The predicted molar refractivity (Wildman–Crippen MR) is 138 cm³/mol. The molecule has 3 aromatic rings. The van der Waals surface area contributed by atoms with E-state index in [0.29, 0.717) is 61.5 Å². The van der Waals surface area contributed by atoms with E-state index in [1.165, 1.54) is 29.1 Å². The molecule has 1 aromatic heterocycles. The minimum atomic E-state index is -0.173. The van der Waals surface area contributed by atoms with Crippen LogP contribution in [0.3, 0.4) is 0 Å². The number of nitrogens with one attached hydrogen (secondary N) is 1. The average Bonchev–Trinajstić information content (AvgIpc) is 2.90. The molecule has 2 aromatic carbocycles. The van der Waals surface area contributed by atoms with Crippen molar-refractivity contribution in [1.29, 1.82) is 0 Å². The van der Waals surface area contributed by atoms with E-state index < -0.39 is 0 Å². The van der Waals surface area contributed by atoms with Crippen LogP contribution in [0.4, 0.5) is 0 Å². The second-order valence-electron chi connectivity index (χ2n) is 8.95. The van der Waals surface area contributed by atoms with Crippen molar-refractivity contribution in [3.8, 4) is 11.5 Å². The van der Waals surface area contributed by atoms with Crippen LogP contribution in [0.2, 0.25) is 0 Å². The molecule has 0 spiro atoms. The highest BCUT2D eigenvalue weighted by atomic mass is 16.5. The van der Waals surface area contributed by atoms with Crippen molar-refractivity contribution in [3.63, 3.8) is 0 Å². The van der Waals surface area contributed by atoms with E-state index in [1.54, 1.807) is 19.2 Å². The second-order valence-corrected chi connectivity index (χ2v) is 8.95. The van der Waals surface area contributed by atoms with Crippen LogP contribution in [0.5, 0.6) is 11.5 Å². The molecular formula is C27H34N4O5. The number of ether oxygens (including phenoxy) is 3. The van der Waals surface area contributed by atoms with Crippen LogP contribution in [0.15, 0.2) is 47.5 Å². The van der Waals surface area contributed by atoms with Crippen LogP contribution < -0.4 is 20.3 Å². The van der Waals surface area contributed by atoms with E-state index in [2.05, 4.69) is 46.4 Å². The van der Waals surface area contributed by atoms with Crippen molar-refractivity contribution in [1.82, 2.24) is 19.8 Å². The van der Waals surface area contributed by atoms with E-state index in [1.807, 2.05) is 0 Å². The zero-order valence-corrected chi connectivity index (χ0v) is 21.2. The molecule has 36 heavy (non-hydrogen) atoms. The fraction of sp³-hybridized carbons (Fsp3) is 0.444. The number of benzene rings is 2. The highest BCUT2D eigenvalue weighted by Gasteiger charge is 2.23. The van der Waals surface area contributed by atoms with Crippen LogP contribution in [0.1, 0.15) is 30.0 Å². The van der Waals surface area contributed by atoms with E-state index in [4.69, 9.17) is 14.2 Å². The van der Waals surface area contributed by atoms with E-state index in [9.17, 15) is 9.59 Å². The monoisotopic (exact) mass is 494 g/mol. The number of fused-ring (bicyclic) bond motifs is 1. The SMILES string of the molecule is COc1cc2ncn(CCCC(=O)NCC(c3cccc(C)c3)N3CCOCC3)c(=O)c2cc1OC. The van der Waals surface area contributed by atoms with Crippen LogP contribution in [-0.2, 0) is 16.1 Å². The highest BCUT2D eigenvalue weighted by Crippen LogP contribution is 2.29. The molecular weight excluding hydrogens is 460 g/mol. The van der Waals surface area contributed by atoms with Crippen molar-refractivity contribution in [2.75, 3.05) is 47.1 Å². The fourth-order valence-corrected chi connectivity index (χ4v) is 4.58. The van der Waals surface area contributed by atoms with Gasteiger partial charge < -0.3 is 19.5 Å². The summed E-state index contributed by atoms with van der Waals surface area (Å²) in [6.07, 6.45) is 2.36. The van der Waals surface area contributed by atoms with E-state index in [0.717, 1.165) is 13.1 Å². The second kappa shape index (κ2) is 12.0. The van der Waals surface area contributed by atoms with Gasteiger partial charge in [-0.05, 0) is 25.0 Å².